The van der Waals surface area contributed by atoms with E-state index in [0.29, 0.717) is 24.5 Å². The number of ether oxygens (including phenoxy) is 2. The van der Waals surface area contributed by atoms with Gasteiger partial charge in [0.1, 0.15) is 11.5 Å². The molecule has 0 saturated carbocycles. The van der Waals surface area contributed by atoms with Crippen LogP contribution in [-0.2, 0) is 4.79 Å². The summed E-state index contributed by atoms with van der Waals surface area (Å²) in [6.07, 6.45) is 0.966. The molecule has 5 nitrogen and oxygen atoms in total. The Kier molecular flexibility index (Phi) is 7.80. The summed E-state index contributed by atoms with van der Waals surface area (Å²) in [7, 11) is 3.66. The predicted octanol–water partition coefficient (Wildman–Crippen LogP) is 3.50. The van der Waals surface area contributed by atoms with Gasteiger partial charge in [-0.05, 0) is 37.1 Å². The molecular formula is C21H28N2O3. The molecule has 140 valence electrons. The molecule has 0 aliphatic carbocycles. The molecule has 1 atom stereocenters. The van der Waals surface area contributed by atoms with Crippen molar-refractivity contribution in [3.05, 3.63) is 54.6 Å². The molecular weight excluding hydrogens is 328 g/mol. The minimum absolute atomic E-state index is 0.0855. The predicted molar refractivity (Wildman–Crippen MR) is 105 cm³/mol. The highest BCUT2D eigenvalue weighted by Gasteiger charge is 2.18. The van der Waals surface area contributed by atoms with Gasteiger partial charge in [-0.25, -0.2) is 0 Å². The van der Waals surface area contributed by atoms with Gasteiger partial charge < -0.3 is 19.7 Å². The van der Waals surface area contributed by atoms with Gasteiger partial charge in [-0.3, -0.25) is 4.79 Å². The van der Waals surface area contributed by atoms with Crippen LogP contribution in [0.25, 0.3) is 0 Å². The second-order valence-electron chi connectivity index (χ2n) is 6.10. The Balaban J connectivity index is 1.76. The van der Waals surface area contributed by atoms with Crippen molar-refractivity contribution < 1.29 is 14.3 Å². The summed E-state index contributed by atoms with van der Waals surface area (Å²) >= 11 is 0. The van der Waals surface area contributed by atoms with Gasteiger partial charge in [0, 0.05) is 31.9 Å². The number of para-hydroxylation sites is 1. The first-order valence-electron chi connectivity index (χ1n) is 8.98. The minimum Gasteiger partial charge on any atom is -0.497 e. The molecule has 0 aromatic heterocycles. The maximum atomic E-state index is 12.4. The minimum atomic E-state index is -0.506. The van der Waals surface area contributed by atoms with Gasteiger partial charge in [0.05, 0.1) is 7.11 Å². The van der Waals surface area contributed by atoms with Crippen molar-refractivity contribution >= 4 is 11.6 Å². The molecule has 0 unspecified atom stereocenters. The van der Waals surface area contributed by atoms with Gasteiger partial charge >= 0.3 is 0 Å². The van der Waals surface area contributed by atoms with Crippen molar-refractivity contribution in [1.82, 2.24) is 5.32 Å². The number of hydrogen-bond acceptors (Lipinski definition) is 4. The lowest BCUT2D eigenvalue weighted by molar-refractivity contribution is -0.128. The summed E-state index contributed by atoms with van der Waals surface area (Å²) in [5.74, 6) is 1.26. The highest BCUT2D eigenvalue weighted by molar-refractivity contribution is 5.81. The van der Waals surface area contributed by atoms with Gasteiger partial charge in [0.2, 0.25) is 0 Å². The lowest BCUT2D eigenvalue weighted by Crippen LogP contribution is -2.39. The Morgan fingerprint density at radius 1 is 1.12 bits per heavy atom. The lowest BCUT2D eigenvalue weighted by atomic mass is 10.2. The molecule has 0 heterocycles. The number of benzene rings is 2. The van der Waals surface area contributed by atoms with E-state index in [4.69, 9.17) is 9.47 Å². The SMILES string of the molecule is CC[C@@H](Oc1cccc(OC)c1)C(=O)NCCCN(C)c1ccccc1. The third-order valence-corrected chi connectivity index (χ3v) is 4.15. The van der Waals surface area contributed by atoms with Crippen molar-refractivity contribution in [2.45, 2.75) is 25.9 Å². The maximum Gasteiger partial charge on any atom is 0.261 e. The number of methoxy groups -OCH3 is 1. The van der Waals surface area contributed by atoms with Crippen molar-refractivity contribution in [3.63, 3.8) is 0 Å². The average Bonchev–Trinajstić information content (AvgIpc) is 2.69. The van der Waals surface area contributed by atoms with Gasteiger partial charge in [0.15, 0.2) is 6.10 Å². The van der Waals surface area contributed by atoms with E-state index < -0.39 is 6.10 Å². The average molecular weight is 356 g/mol. The second-order valence-corrected chi connectivity index (χ2v) is 6.10. The van der Waals surface area contributed by atoms with Crippen LogP contribution >= 0.6 is 0 Å². The van der Waals surface area contributed by atoms with Crippen LogP contribution in [0, 0.1) is 0 Å². The van der Waals surface area contributed by atoms with E-state index in [-0.39, 0.29) is 5.91 Å². The molecule has 0 spiro atoms. The molecule has 0 radical (unpaired) electrons. The summed E-state index contributed by atoms with van der Waals surface area (Å²) < 4.78 is 11.0. The van der Waals surface area contributed by atoms with Gasteiger partial charge in [0.25, 0.3) is 5.91 Å². The van der Waals surface area contributed by atoms with Crippen molar-refractivity contribution in [2.24, 2.45) is 0 Å². The smallest absolute Gasteiger partial charge is 0.261 e. The van der Waals surface area contributed by atoms with E-state index in [1.807, 2.05) is 43.3 Å². The normalized spacial score (nSPS) is 11.5. The quantitative estimate of drug-likeness (QED) is 0.662. The van der Waals surface area contributed by atoms with E-state index in [1.165, 1.54) is 5.69 Å². The van der Waals surface area contributed by atoms with E-state index in [9.17, 15) is 4.79 Å². The Bertz CT molecular complexity index is 676. The zero-order valence-corrected chi connectivity index (χ0v) is 15.8. The molecule has 0 bridgehead atoms. The van der Waals surface area contributed by atoms with Crippen LogP contribution in [0.5, 0.6) is 11.5 Å². The first kappa shape index (κ1) is 19.6. The Labute approximate surface area is 155 Å². The highest BCUT2D eigenvalue weighted by Crippen LogP contribution is 2.20. The molecule has 5 heteroatoms. The molecule has 0 fully saturated rings. The summed E-state index contributed by atoms with van der Waals surface area (Å²) in [6, 6.07) is 17.5. The van der Waals surface area contributed by atoms with Gasteiger partial charge in [-0.15, -0.1) is 0 Å². The Morgan fingerprint density at radius 3 is 2.54 bits per heavy atom. The van der Waals surface area contributed by atoms with Crippen LogP contribution in [-0.4, -0.2) is 39.3 Å². The lowest BCUT2D eigenvalue weighted by Gasteiger charge is -2.20. The zero-order valence-electron chi connectivity index (χ0n) is 15.8. The fourth-order valence-electron chi connectivity index (χ4n) is 2.61. The van der Waals surface area contributed by atoms with Gasteiger partial charge in [-0.2, -0.15) is 0 Å². The Hall–Kier alpha value is -2.69. The summed E-state index contributed by atoms with van der Waals surface area (Å²) in [4.78, 5) is 14.5. The number of anilines is 1. The van der Waals surface area contributed by atoms with Crippen LogP contribution in [0.4, 0.5) is 5.69 Å². The zero-order chi connectivity index (χ0) is 18.8. The molecule has 2 aromatic rings. The van der Waals surface area contributed by atoms with E-state index >= 15 is 0 Å². The fourth-order valence-corrected chi connectivity index (χ4v) is 2.61. The third-order valence-electron chi connectivity index (χ3n) is 4.15. The van der Waals surface area contributed by atoms with E-state index in [0.717, 1.165) is 13.0 Å². The van der Waals surface area contributed by atoms with Crippen molar-refractivity contribution in [3.8, 4) is 11.5 Å². The Morgan fingerprint density at radius 2 is 1.85 bits per heavy atom. The van der Waals surface area contributed by atoms with E-state index in [1.54, 1.807) is 13.2 Å². The summed E-state index contributed by atoms with van der Waals surface area (Å²) in [5.41, 5.74) is 1.17. The van der Waals surface area contributed by atoms with Gasteiger partial charge in [-0.1, -0.05) is 31.2 Å². The maximum absolute atomic E-state index is 12.4. The number of hydrogen-bond donors (Lipinski definition) is 1. The monoisotopic (exact) mass is 356 g/mol. The molecule has 2 rings (SSSR count). The van der Waals surface area contributed by atoms with Crippen LogP contribution in [0.1, 0.15) is 19.8 Å². The van der Waals surface area contributed by atoms with Crippen LogP contribution < -0.4 is 19.7 Å². The number of carbonyl (C=O) groups excluding carboxylic acids is 1. The molecule has 26 heavy (non-hydrogen) atoms. The highest BCUT2D eigenvalue weighted by atomic mass is 16.5. The summed E-state index contributed by atoms with van der Waals surface area (Å²) in [5, 5.41) is 2.97. The number of amides is 1. The molecule has 1 N–H and O–H groups in total. The number of nitrogens with one attached hydrogen (secondary N) is 1. The fraction of sp³-hybridized carbons (Fsp3) is 0.381. The number of carbonyl (C=O) groups is 1. The summed E-state index contributed by atoms with van der Waals surface area (Å²) in [6.45, 7) is 3.43. The third kappa shape index (κ3) is 5.99. The first-order chi connectivity index (χ1) is 12.6. The molecule has 1 amide bonds. The number of rotatable bonds is 10. The van der Waals surface area contributed by atoms with Crippen molar-refractivity contribution in [2.75, 3.05) is 32.1 Å². The topological polar surface area (TPSA) is 50.8 Å². The first-order valence-corrected chi connectivity index (χ1v) is 8.98. The van der Waals surface area contributed by atoms with E-state index in [2.05, 4.69) is 29.4 Å². The standard InChI is InChI=1S/C21H28N2O3/c1-4-20(26-19-13-8-12-18(16-19)25-3)21(24)22-14-9-15-23(2)17-10-6-5-7-11-17/h5-8,10-13,16,20H,4,9,14-15H2,1-3H3,(H,22,24)/t20-/m1/s1. The van der Waals surface area contributed by atoms with Crippen LogP contribution in [0.3, 0.4) is 0 Å². The van der Waals surface area contributed by atoms with Crippen LogP contribution in [0.15, 0.2) is 54.6 Å². The molecule has 0 aliphatic rings. The number of nitrogens with zero attached hydrogens (tertiary/aromatic N) is 1. The molecule has 2 aromatic carbocycles. The van der Waals surface area contributed by atoms with Crippen LogP contribution in [0.2, 0.25) is 0 Å². The molecule has 0 aliphatic heterocycles. The second kappa shape index (κ2) is 10.3. The largest absolute Gasteiger partial charge is 0.497 e. The molecule has 0 saturated heterocycles. The van der Waals surface area contributed by atoms with Crippen molar-refractivity contribution in [1.29, 1.82) is 0 Å².